The number of furan rings is 1. The Hall–Kier alpha value is -1.39. The molecule has 1 aromatic heterocycles. The molecule has 0 atom stereocenters. The molecule has 1 amide bonds. The Balaban J connectivity index is 2.10. The summed E-state index contributed by atoms with van der Waals surface area (Å²) in [5.74, 6) is -0.277. The highest BCUT2D eigenvalue weighted by Crippen LogP contribution is 2.20. The largest absolute Gasteiger partial charge is 0.452 e. The molecule has 3 nitrogen and oxygen atoms in total. The van der Waals surface area contributed by atoms with Crippen molar-refractivity contribution in [3.8, 4) is 0 Å². The standard InChI is InChI=1S/C12H10ClNO2S/c1-17-9-4-2-8(3-5-9)14-12(15)10-6-7-16-11(10)13/h2-7H,1H3,(H,14,15). The summed E-state index contributed by atoms with van der Waals surface area (Å²) in [7, 11) is 0. The normalized spacial score (nSPS) is 10.2. The van der Waals surface area contributed by atoms with Gasteiger partial charge in [0.2, 0.25) is 5.22 Å². The number of nitrogens with one attached hydrogen (secondary N) is 1. The number of carbonyl (C=O) groups is 1. The van der Waals surface area contributed by atoms with Gasteiger partial charge in [-0.25, -0.2) is 0 Å². The van der Waals surface area contributed by atoms with Crippen LogP contribution in [-0.4, -0.2) is 12.2 Å². The van der Waals surface area contributed by atoms with Crippen LogP contribution in [0.2, 0.25) is 5.22 Å². The highest BCUT2D eigenvalue weighted by molar-refractivity contribution is 7.98. The van der Waals surface area contributed by atoms with Crippen LogP contribution in [-0.2, 0) is 0 Å². The van der Waals surface area contributed by atoms with Gasteiger partial charge in [-0.15, -0.1) is 11.8 Å². The molecule has 0 aliphatic heterocycles. The first-order valence-electron chi connectivity index (χ1n) is 4.89. The van der Waals surface area contributed by atoms with Crippen molar-refractivity contribution in [3.05, 3.63) is 47.4 Å². The van der Waals surface area contributed by atoms with E-state index in [-0.39, 0.29) is 11.1 Å². The SMILES string of the molecule is CSc1ccc(NC(=O)c2ccoc2Cl)cc1. The van der Waals surface area contributed by atoms with E-state index in [1.807, 2.05) is 30.5 Å². The fraction of sp³-hybridized carbons (Fsp3) is 0.0833. The third kappa shape index (κ3) is 2.84. The minimum Gasteiger partial charge on any atom is -0.452 e. The van der Waals surface area contributed by atoms with Gasteiger partial charge in [0.15, 0.2) is 0 Å². The molecule has 0 radical (unpaired) electrons. The van der Waals surface area contributed by atoms with Crippen molar-refractivity contribution in [2.24, 2.45) is 0 Å². The molecule has 0 unspecified atom stereocenters. The van der Waals surface area contributed by atoms with E-state index in [0.717, 1.165) is 10.6 Å². The van der Waals surface area contributed by atoms with Crippen LogP contribution < -0.4 is 5.32 Å². The molecule has 5 heteroatoms. The van der Waals surface area contributed by atoms with Crippen molar-refractivity contribution in [3.63, 3.8) is 0 Å². The molecule has 88 valence electrons. The van der Waals surface area contributed by atoms with Crippen LogP contribution >= 0.6 is 23.4 Å². The Bertz CT molecular complexity index is 522. The lowest BCUT2D eigenvalue weighted by Crippen LogP contribution is -2.11. The summed E-state index contributed by atoms with van der Waals surface area (Å²) in [6, 6.07) is 9.11. The number of carbonyl (C=O) groups excluding carboxylic acids is 1. The lowest BCUT2D eigenvalue weighted by Gasteiger charge is -2.04. The Morgan fingerprint density at radius 2 is 2.00 bits per heavy atom. The lowest BCUT2D eigenvalue weighted by molar-refractivity contribution is 0.102. The molecule has 2 aromatic rings. The van der Waals surface area contributed by atoms with Gasteiger partial charge >= 0.3 is 0 Å². The average molecular weight is 268 g/mol. The number of amides is 1. The van der Waals surface area contributed by atoms with E-state index >= 15 is 0 Å². The highest BCUT2D eigenvalue weighted by Gasteiger charge is 2.12. The molecular formula is C12H10ClNO2S. The second kappa shape index (κ2) is 5.29. The zero-order valence-electron chi connectivity index (χ0n) is 9.07. The fourth-order valence-corrected chi connectivity index (χ4v) is 1.94. The van der Waals surface area contributed by atoms with Crippen LogP contribution in [0.25, 0.3) is 0 Å². The van der Waals surface area contributed by atoms with Crippen LogP contribution in [0.15, 0.2) is 45.9 Å². The quantitative estimate of drug-likeness (QED) is 0.858. The average Bonchev–Trinajstić information content (AvgIpc) is 2.76. The van der Waals surface area contributed by atoms with Gasteiger partial charge in [0, 0.05) is 10.6 Å². The maximum Gasteiger partial charge on any atom is 0.260 e. The second-order valence-corrected chi connectivity index (χ2v) is 4.51. The van der Waals surface area contributed by atoms with Crippen LogP contribution in [0.4, 0.5) is 5.69 Å². The molecule has 0 bridgehead atoms. The molecule has 1 aromatic carbocycles. The van der Waals surface area contributed by atoms with E-state index in [1.165, 1.54) is 12.3 Å². The first-order valence-corrected chi connectivity index (χ1v) is 6.49. The number of halogens is 1. The van der Waals surface area contributed by atoms with Crippen LogP contribution in [0.5, 0.6) is 0 Å². The zero-order chi connectivity index (χ0) is 12.3. The van der Waals surface area contributed by atoms with Crippen molar-refractivity contribution in [1.82, 2.24) is 0 Å². The monoisotopic (exact) mass is 267 g/mol. The number of benzene rings is 1. The van der Waals surface area contributed by atoms with E-state index < -0.39 is 0 Å². The van der Waals surface area contributed by atoms with Gasteiger partial charge in [0.05, 0.1) is 11.8 Å². The first kappa shape index (κ1) is 12.1. The predicted octanol–water partition coefficient (Wildman–Crippen LogP) is 3.91. The number of hydrogen-bond donors (Lipinski definition) is 1. The smallest absolute Gasteiger partial charge is 0.260 e. The molecule has 0 spiro atoms. The molecule has 1 heterocycles. The molecule has 0 fully saturated rings. The Kier molecular flexibility index (Phi) is 3.76. The molecule has 0 saturated heterocycles. The second-order valence-electron chi connectivity index (χ2n) is 3.29. The molecule has 2 rings (SSSR count). The molecular weight excluding hydrogens is 258 g/mol. The Labute approximate surface area is 108 Å². The summed E-state index contributed by atoms with van der Waals surface area (Å²) in [5, 5.41) is 2.84. The van der Waals surface area contributed by atoms with Crippen LogP contribution in [0.3, 0.4) is 0 Å². The molecule has 0 aliphatic carbocycles. The molecule has 0 saturated carbocycles. The summed E-state index contributed by atoms with van der Waals surface area (Å²) >= 11 is 7.37. The number of rotatable bonds is 3. The van der Waals surface area contributed by atoms with E-state index in [4.69, 9.17) is 16.0 Å². The number of thioether (sulfide) groups is 1. The van der Waals surface area contributed by atoms with Crippen molar-refractivity contribution >= 4 is 35.0 Å². The summed E-state index contributed by atoms with van der Waals surface area (Å²) in [4.78, 5) is 12.9. The molecule has 0 aliphatic rings. The van der Waals surface area contributed by atoms with Gasteiger partial charge in [-0.1, -0.05) is 0 Å². The van der Waals surface area contributed by atoms with Crippen molar-refractivity contribution < 1.29 is 9.21 Å². The number of anilines is 1. The molecule has 17 heavy (non-hydrogen) atoms. The van der Waals surface area contributed by atoms with E-state index in [9.17, 15) is 4.79 Å². The fourth-order valence-electron chi connectivity index (χ4n) is 1.33. The predicted molar refractivity (Wildman–Crippen MR) is 69.9 cm³/mol. The van der Waals surface area contributed by atoms with E-state index in [0.29, 0.717) is 5.56 Å². The zero-order valence-corrected chi connectivity index (χ0v) is 10.6. The topological polar surface area (TPSA) is 42.2 Å². The third-order valence-corrected chi connectivity index (χ3v) is 3.25. The van der Waals surface area contributed by atoms with Crippen molar-refractivity contribution in [2.45, 2.75) is 4.90 Å². The summed E-state index contributed by atoms with van der Waals surface area (Å²) < 4.78 is 4.86. The minimum atomic E-state index is -0.277. The van der Waals surface area contributed by atoms with Gasteiger partial charge < -0.3 is 9.73 Å². The Morgan fingerprint density at radius 3 is 2.53 bits per heavy atom. The van der Waals surface area contributed by atoms with E-state index in [2.05, 4.69) is 5.32 Å². The summed E-state index contributed by atoms with van der Waals surface area (Å²) in [6.45, 7) is 0. The van der Waals surface area contributed by atoms with Crippen LogP contribution in [0.1, 0.15) is 10.4 Å². The van der Waals surface area contributed by atoms with E-state index in [1.54, 1.807) is 11.8 Å². The first-order chi connectivity index (χ1) is 8.20. The van der Waals surface area contributed by atoms with Gasteiger partial charge in [-0.05, 0) is 48.2 Å². The Morgan fingerprint density at radius 1 is 1.29 bits per heavy atom. The van der Waals surface area contributed by atoms with Crippen molar-refractivity contribution in [1.29, 1.82) is 0 Å². The minimum absolute atomic E-state index is 0.100. The third-order valence-electron chi connectivity index (χ3n) is 2.21. The van der Waals surface area contributed by atoms with Gasteiger partial charge in [-0.3, -0.25) is 4.79 Å². The van der Waals surface area contributed by atoms with Crippen molar-refractivity contribution in [2.75, 3.05) is 11.6 Å². The maximum atomic E-state index is 11.8. The summed E-state index contributed by atoms with van der Waals surface area (Å²) in [5.41, 5.74) is 1.06. The van der Waals surface area contributed by atoms with Gasteiger partial charge in [0.25, 0.3) is 5.91 Å². The van der Waals surface area contributed by atoms with Gasteiger partial charge in [0.1, 0.15) is 0 Å². The van der Waals surface area contributed by atoms with Crippen LogP contribution in [0, 0.1) is 0 Å². The highest BCUT2D eigenvalue weighted by atomic mass is 35.5. The maximum absolute atomic E-state index is 11.8. The van der Waals surface area contributed by atoms with Gasteiger partial charge in [-0.2, -0.15) is 0 Å². The summed E-state index contributed by atoms with van der Waals surface area (Å²) in [6.07, 6.45) is 3.38. The lowest BCUT2D eigenvalue weighted by atomic mass is 10.3. The molecule has 1 N–H and O–H groups in total. The number of hydrogen-bond acceptors (Lipinski definition) is 3.